The van der Waals surface area contributed by atoms with Crippen molar-refractivity contribution in [1.82, 2.24) is 9.80 Å². The topological polar surface area (TPSA) is 40.6 Å². The second-order valence-corrected chi connectivity index (χ2v) is 8.85. The van der Waals surface area contributed by atoms with Crippen molar-refractivity contribution in [2.24, 2.45) is 0 Å². The Morgan fingerprint density at radius 3 is 2.40 bits per heavy atom. The van der Waals surface area contributed by atoms with E-state index in [2.05, 4.69) is 0 Å². The first-order valence-electron chi connectivity index (χ1n) is 10.4. The molecule has 1 aliphatic rings. The van der Waals surface area contributed by atoms with Gasteiger partial charge in [-0.2, -0.15) is 0 Å². The number of benzene rings is 2. The number of thioether (sulfide) groups is 1. The Kier molecular flexibility index (Phi) is 7.91. The van der Waals surface area contributed by atoms with E-state index in [1.54, 1.807) is 31.3 Å². The highest BCUT2D eigenvalue weighted by Crippen LogP contribution is 2.26. The van der Waals surface area contributed by atoms with Gasteiger partial charge >= 0.3 is 0 Å². The highest BCUT2D eigenvalue weighted by Gasteiger charge is 2.23. The molecule has 2 aromatic rings. The van der Waals surface area contributed by atoms with Crippen LogP contribution in [0, 0.1) is 5.82 Å². The maximum atomic E-state index is 13.9. The number of amides is 2. The summed E-state index contributed by atoms with van der Waals surface area (Å²) < 4.78 is 13.9. The van der Waals surface area contributed by atoms with Crippen LogP contribution >= 0.6 is 11.8 Å². The fourth-order valence-corrected chi connectivity index (χ4v) is 4.81. The Morgan fingerprint density at radius 1 is 1.00 bits per heavy atom. The molecule has 0 atom stereocenters. The molecule has 4 nitrogen and oxygen atoms in total. The molecule has 2 amide bonds. The maximum Gasteiger partial charge on any atom is 0.255 e. The number of rotatable bonds is 7. The summed E-state index contributed by atoms with van der Waals surface area (Å²) in [7, 11) is 3.55. The molecule has 0 saturated heterocycles. The third-order valence-corrected chi connectivity index (χ3v) is 6.75. The van der Waals surface area contributed by atoms with Crippen LogP contribution in [-0.2, 0) is 11.3 Å². The van der Waals surface area contributed by atoms with E-state index in [9.17, 15) is 14.0 Å². The SMILES string of the molecule is CN(Cc1ccccc1F)C(=O)c1ccccc1SCC(=O)N(C)C1CCCCC1. The molecule has 0 radical (unpaired) electrons. The van der Waals surface area contributed by atoms with Gasteiger partial charge in [-0.05, 0) is 31.0 Å². The van der Waals surface area contributed by atoms with E-state index in [-0.39, 0.29) is 24.2 Å². The van der Waals surface area contributed by atoms with Crippen LogP contribution in [0.1, 0.15) is 48.0 Å². The molecule has 0 bridgehead atoms. The minimum absolute atomic E-state index is 0.0915. The van der Waals surface area contributed by atoms with Crippen LogP contribution in [0.5, 0.6) is 0 Å². The summed E-state index contributed by atoms with van der Waals surface area (Å²) in [6.07, 6.45) is 5.76. The lowest BCUT2D eigenvalue weighted by molar-refractivity contribution is -0.129. The minimum atomic E-state index is -0.323. The molecule has 1 saturated carbocycles. The van der Waals surface area contributed by atoms with Crippen LogP contribution in [0.3, 0.4) is 0 Å². The van der Waals surface area contributed by atoms with Crippen molar-refractivity contribution < 1.29 is 14.0 Å². The van der Waals surface area contributed by atoms with Crippen molar-refractivity contribution in [3.63, 3.8) is 0 Å². The quantitative estimate of drug-likeness (QED) is 0.584. The lowest BCUT2D eigenvalue weighted by Gasteiger charge is -2.31. The highest BCUT2D eigenvalue weighted by molar-refractivity contribution is 8.00. The Balaban J connectivity index is 1.64. The molecule has 1 aliphatic carbocycles. The third-order valence-electron chi connectivity index (χ3n) is 5.70. The molecule has 0 aliphatic heterocycles. The zero-order valence-corrected chi connectivity index (χ0v) is 18.5. The van der Waals surface area contributed by atoms with Gasteiger partial charge in [0.15, 0.2) is 0 Å². The fraction of sp³-hybridized carbons (Fsp3) is 0.417. The second-order valence-electron chi connectivity index (χ2n) is 7.83. The smallest absolute Gasteiger partial charge is 0.255 e. The van der Waals surface area contributed by atoms with Crippen molar-refractivity contribution in [1.29, 1.82) is 0 Å². The summed E-state index contributed by atoms with van der Waals surface area (Å²) in [4.78, 5) is 29.8. The zero-order chi connectivity index (χ0) is 21.5. The Bertz CT molecular complexity index is 883. The molecule has 30 heavy (non-hydrogen) atoms. The highest BCUT2D eigenvalue weighted by atomic mass is 32.2. The number of hydrogen-bond acceptors (Lipinski definition) is 3. The lowest BCUT2D eigenvalue weighted by Crippen LogP contribution is -2.39. The number of hydrogen-bond donors (Lipinski definition) is 0. The van der Waals surface area contributed by atoms with Crippen LogP contribution in [0.25, 0.3) is 0 Å². The first-order valence-corrected chi connectivity index (χ1v) is 11.4. The summed E-state index contributed by atoms with van der Waals surface area (Å²) in [6.45, 7) is 0.188. The Labute approximate surface area is 182 Å². The van der Waals surface area contributed by atoms with Gasteiger partial charge in [0.2, 0.25) is 5.91 Å². The van der Waals surface area contributed by atoms with Gasteiger partial charge in [0, 0.05) is 37.1 Å². The number of nitrogens with zero attached hydrogens (tertiary/aromatic N) is 2. The monoisotopic (exact) mass is 428 g/mol. The Hall–Kier alpha value is -2.34. The molecule has 0 heterocycles. The molecule has 0 N–H and O–H groups in total. The van der Waals surface area contributed by atoms with Gasteiger partial charge < -0.3 is 9.80 Å². The van der Waals surface area contributed by atoms with Gasteiger partial charge in [-0.1, -0.05) is 49.6 Å². The average molecular weight is 429 g/mol. The zero-order valence-electron chi connectivity index (χ0n) is 17.6. The largest absolute Gasteiger partial charge is 0.342 e. The van der Waals surface area contributed by atoms with Gasteiger partial charge in [-0.3, -0.25) is 9.59 Å². The van der Waals surface area contributed by atoms with Crippen molar-refractivity contribution in [3.05, 3.63) is 65.5 Å². The lowest BCUT2D eigenvalue weighted by atomic mass is 9.94. The van der Waals surface area contributed by atoms with E-state index in [1.165, 1.54) is 42.0 Å². The molecule has 0 aromatic heterocycles. The van der Waals surface area contributed by atoms with E-state index >= 15 is 0 Å². The van der Waals surface area contributed by atoms with Crippen molar-refractivity contribution in [3.8, 4) is 0 Å². The van der Waals surface area contributed by atoms with E-state index in [1.807, 2.05) is 30.1 Å². The van der Waals surface area contributed by atoms with E-state index < -0.39 is 0 Å². The fourth-order valence-electron chi connectivity index (χ4n) is 3.84. The van der Waals surface area contributed by atoms with Crippen LogP contribution in [0.4, 0.5) is 4.39 Å². The first kappa shape index (κ1) is 22.3. The molecule has 6 heteroatoms. The normalized spacial score (nSPS) is 14.4. The molecule has 2 aromatic carbocycles. The van der Waals surface area contributed by atoms with Crippen LogP contribution in [0.2, 0.25) is 0 Å². The standard InChI is InChI=1S/C24H29FN2O2S/c1-26(16-18-10-6-8-14-21(18)25)24(29)20-13-7-9-15-22(20)30-17-23(28)27(2)19-11-4-3-5-12-19/h6-10,13-15,19H,3-5,11-12,16-17H2,1-2H3. The molecule has 160 valence electrons. The van der Waals surface area contributed by atoms with Crippen LogP contribution in [0.15, 0.2) is 53.4 Å². The molecule has 3 rings (SSSR count). The molecular weight excluding hydrogens is 399 g/mol. The predicted octanol–water partition coefficient (Wildman–Crippen LogP) is 4.98. The first-order chi connectivity index (χ1) is 14.5. The summed E-state index contributed by atoms with van der Waals surface area (Å²) in [5.74, 6) is -0.117. The average Bonchev–Trinajstić information content (AvgIpc) is 2.78. The summed E-state index contributed by atoms with van der Waals surface area (Å²) in [5.41, 5.74) is 1.01. The summed E-state index contributed by atoms with van der Waals surface area (Å²) >= 11 is 1.39. The maximum absolute atomic E-state index is 13.9. The minimum Gasteiger partial charge on any atom is -0.342 e. The summed E-state index contributed by atoms with van der Waals surface area (Å²) in [5, 5.41) is 0. The van der Waals surface area contributed by atoms with Gasteiger partial charge in [0.1, 0.15) is 5.82 Å². The molecule has 0 unspecified atom stereocenters. The van der Waals surface area contributed by atoms with Crippen LogP contribution < -0.4 is 0 Å². The number of carbonyl (C=O) groups is 2. The second kappa shape index (κ2) is 10.6. The predicted molar refractivity (Wildman–Crippen MR) is 119 cm³/mol. The van der Waals surface area contributed by atoms with Gasteiger partial charge in [0.25, 0.3) is 5.91 Å². The molecule has 1 fully saturated rings. The van der Waals surface area contributed by atoms with Gasteiger partial charge in [-0.25, -0.2) is 4.39 Å². The van der Waals surface area contributed by atoms with Crippen molar-refractivity contribution >= 4 is 23.6 Å². The molecular formula is C24H29FN2O2S. The van der Waals surface area contributed by atoms with E-state index in [4.69, 9.17) is 0 Å². The third kappa shape index (κ3) is 5.63. The van der Waals surface area contributed by atoms with Gasteiger partial charge in [0.05, 0.1) is 11.3 Å². The van der Waals surface area contributed by atoms with E-state index in [0.717, 1.165) is 17.7 Å². The number of carbonyl (C=O) groups excluding carboxylic acids is 2. The van der Waals surface area contributed by atoms with Crippen molar-refractivity contribution in [2.45, 2.75) is 49.6 Å². The summed E-state index contributed by atoms with van der Waals surface area (Å²) in [6, 6.07) is 14.1. The van der Waals surface area contributed by atoms with Crippen LogP contribution in [-0.4, -0.2) is 47.5 Å². The van der Waals surface area contributed by atoms with E-state index in [0.29, 0.717) is 22.9 Å². The van der Waals surface area contributed by atoms with Gasteiger partial charge in [-0.15, -0.1) is 11.8 Å². The molecule has 0 spiro atoms. The van der Waals surface area contributed by atoms with Crippen molar-refractivity contribution in [2.75, 3.05) is 19.8 Å². The number of halogens is 1. The Morgan fingerprint density at radius 2 is 1.67 bits per heavy atom.